The first-order valence-corrected chi connectivity index (χ1v) is 9.86. The van der Waals surface area contributed by atoms with Gasteiger partial charge in [-0.2, -0.15) is 0 Å². The number of piperidine rings is 1. The molecule has 0 radical (unpaired) electrons. The summed E-state index contributed by atoms with van der Waals surface area (Å²) in [5.41, 5.74) is 3.43. The first-order chi connectivity index (χ1) is 12.7. The Morgan fingerprint density at radius 1 is 0.846 bits per heavy atom. The molecular formula is C23H28N2O. The first kappa shape index (κ1) is 17.3. The molecule has 2 heterocycles. The van der Waals surface area contributed by atoms with Gasteiger partial charge in [0.25, 0.3) is 5.91 Å². The zero-order chi connectivity index (χ0) is 18.0. The van der Waals surface area contributed by atoms with Crippen molar-refractivity contribution in [3.8, 4) is 0 Å². The van der Waals surface area contributed by atoms with E-state index >= 15 is 0 Å². The summed E-state index contributed by atoms with van der Waals surface area (Å²) in [4.78, 5) is 17.7. The smallest absolute Gasteiger partial charge is 0.254 e. The Bertz CT molecular complexity index is 757. The third-order valence-corrected chi connectivity index (χ3v) is 6.28. The lowest BCUT2D eigenvalue weighted by atomic mass is 9.79. The van der Waals surface area contributed by atoms with Crippen molar-refractivity contribution < 1.29 is 4.79 Å². The van der Waals surface area contributed by atoms with Gasteiger partial charge in [0.1, 0.15) is 0 Å². The summed E-state index contributed by atoms with van der Waals surface area (Å²) in [6, 6.07) is 18.9. The molecule has 2 aliphatic rings. The van der Waals surface area contributed by atoms with Crippen molar-refractivity contribution >= 4 is 5.91 Å². The average Bonchev–Trinajstić information content (AvgIpc) is 3.24. The standard InChI is InChI=1S/C23H28N2O/c1-19-9-5-6-12-21(19)22(26)24-17-13-23(14-18-24,25-15-7-8-16-25)20-10-3-2-4-11-20/h2-6,9-12H,7-8,13-18H2,1H3. The molecule has 2 fully saturated rings. The molecular weight excluding hydrogens is 320 g/mol. The Balaban J connectivity index is 1.56. The van der Waals surface area contributed by atoms with Gasteiger partial charge in [0.2, 0.25) is 0 Å². The van der Waals surface area contributed by atoms with Gasteiger partial charge >= 0.3 is 0 Å². The van der Waals surface area contributed by atoms with Crippen LogP contribution in [0.1, 0.15) is 47.2 Å². The van der Waals surface area contributed by atoms with Crippen molar-refractivity contribution in [1.82, 2.24) is 9.80 Å². The average molecular weight is 348 g/mol. The van der Waals surface area contributed by atoms with Crippen LogP contribution in [-0.4, -0.2) is 41.9 Å². The van der Waals surface area contributed by atoms with Crippen LogP contribution in [0, 0.1) is 6.92 Å². The lowest BCUT2D eigenvalue weighted by Crippen LogP contribution is -2.53. The number of aryl methyl sites for hydroxylation is 1. The van der Waals surface area contributed by atoms with E-state index in [1.807, 2.05) is 31.2 Å². The first-order valence-electron chi connectivity index (χ1n) is 9.86. The molecule has 0 unspecified atom stereocenters. The molecule has 2 saturated heterocycles. The summed E-state index contributed by atoms with van der Waals surface area (Å²) < 4.78 is 0. The Hall–Kier alpha value is -2.13. The van der Waals surface area contributed by atoms with E-state index < -0.39 is 0 Å². The topological polar surface area (TPSA) is 23.6 Å². The normalized spacial score (nSPS) is 20.3. The summed E-state index contributed by atoms with van der Waals surface area (Å²) in [5, 5.41) is 0. The number of hydrogen-bond donors (Lipinski definition) is 0. The molecule has 26 heavy (non-hydrogen) atoms. The fourth-order valence-electron chi connectivity index (χ4n) is 4.74. The van der Waals surface area contributed by atoms with Crippen molar-refractivity contribution in [2.45, 2.75) is 38.1 Å². The van der Waals surface area contributed by atoms with E-state index in [4.69, 9.17) is 0 Å². The highest BCUT2D eigenvalue weighted by Crippen LogP contribution is 2.41. The predicted molar refractivity (Wildman–Crippen MR) is 105 cm³/mol. The van der Waals surface area contributed by atoms with Crippen LogP contribution in [0.3, 0.4) is 0 Å². The molecule has 0 N–H and O–H groups in total. The van der Waals surface area contributed by atoms with Gasteiger partial charge in [-0.25, -0.2) is 0 Å². The van der Waals surface area contributed by atoms with E-state index in [2.05, 4.69) is 40.1 Å². The van der Waals surface area contributed by atoms with Gasteiger partial charge in [0.05, 0.1) is 0 Å². The molecule has 0 aliphatic carbocycles. The molecule has 136 valence electrons. The van der Waals surface area contributed by atoms with Gasteiger partial charge < -0.3 is 4.90 Å². The maximum atomic E-state index is 13.0. The second kappa shape index (κ2) is 7.24. The van der Waals surface area contributed by atoms with Crippen LogP contribution >= 0.6 is 0 Å². The second-order valence-electron chi connectivity index (χ2n) is 7.70. The summed E-state index contributed by atoms with van der Waals surface area (Å²) in [6.07, 6.45) is 4.63. The van der Waals surface area contributed by atoms with Crippen LogP contribution in [-0.2, 0) is 5.54 Å². The van der Waals surface area contributed by atoms with E-state index in [0.717, 1.165) is 37.1 Å². The molecule has 0 bridgehead atoms. The van der Waals surface area contributed by atoms with E-state index in [1.165, 1.54) is 31.5 Å². The molecule has 0 saturated carbocycles. The zero-order valence-electron chi connectivity index (χ0n) is 15.7. The van der Waals surface area contributed by atoms with Crippen molar-refractivity contribution in [3.63, 3.8) is 0 Å². The van der Waals surface area contributed by atoms with Crippen LogP contribution in [0.5, 0.6) is 0 Å². The van der Waals surface area contributed by atoms with E-state index in [-0.39, 0.29) is 11.4 Å². The van der Waals surface area contributed by atoms with Crippen LogP contribution in [0.25, 0.3) is 0 Å². The van der Waals surface area contributed by atoms with Gasteiger partial charge in [-0.1, -0.05) is 48.5 Å². The minimum absolute atomic E-state index is 0.0975. The molecule has 4 rings (SSSR count). The summed E-state index contributed by atoms with van der Waals surface area (Å²) in [6.45, 7) is 6.05. The van der Waals surface area contributed by atoms with Crippen molar-refractivity contribution in [1.29, 1.82) is 0 Å². The number of amides is 1. The number of carbonyl (C=O) groups is 1. The Kier molecular flexibility index (Phi) is 4.82. The Morgan fingerprint density at radius 2 is 1.46 bits per heavy atom. The molecule has 0 spiro atoms. The maximum Gasteiger partial charge on any atom is 0.254 e. The molecule has 0 atom stereocenters. The Morgan fingerprint density at radius 3 is 2.12 bits per heavy atom. The zero-order valence-corrected chi connectivity index (χ0v) is 15.7. The Labute approximate surface area is 156 Å². The van der Waals surface area contributed by atoms with Crippen molar-refractivity contribution in [3.05, 3.63) is 71.3 Å². The lowest BCUT2D eigenvalue weighted by Gasteiger charge is -2.48. The van der Waals surface area contributed by atoms with Crippen molar-refractivity contribution in [2.75, 3.05) is 26.2 Å². The third-order valence-electron chi connectivity index (χ3n) is 6.28. The fraction of sp³-hybridized carbons (Fsp3) is 0.435. The number of hydrogen-bond acceptors (Lipinski definition) is 2. The van der Waals surface area contributed by atoms with Gasteiger partial charge in [0, 0.05) is 24.2 Å². The highest BCUT2D eigenvalue weighted by molar-refractivity contribution is 5.95. The number of benzene rings is 2. The molecule has 3 nitrogen and oxygen atoms in total. The highest BCUT2D eigenvalue weighted by atomic mass is 16.2. The summed E-state index contributed by atoms with van der Waals surface area (Å²) in [7, 11) is 0. The van der Waals surface area contributed by atoms with Gasteiger partial charge in [0.15, 0.2) is 0 Å². The van der Waals surface area contributed by atoms with Gasteiger partial charge in [-0.15, -0.1) is 0 Å². The molecule has 1 amide bonds. The second-order valence-corrected chi connectivity index (χ2v) is 7.70. The van der Waals surface area contributed by atoms with Crippen molar-refractivity contribution in [2.24, 2.45) is 0 Å². The molecule has 3 heteroatoms. The minimum Gasteiger partial charge on any atom is -0.338 e. The highest BCUT2D eigenvalue weighted by Gasteiger charge is 2.43. The quantitative estimate of drug-likeness (QED) is 0.829. The van der Waals surface area contributed by atoms with Crippen LogP contribution in [0.15, 0.2) is 54.6 Å². The van der Waals surface area contributed by atoms with Gasteiger partial charge in [-0.3, -0.25) is 9.69 Å². The minimum atomic E-state index is 0.0975. The number of carbonyl (C=O) groups excluding carboxylic acids is 1. The lowest BCUT2D eigenvalue weighted by molar-refractivity contribution is 0.0294. The SMILES string of the molecule is Cc1ccccc1C(=O)N1CCC(c2ccccc2)(N2CCCC2)CC1. The molecule has 2 aromatic carbocycles. The number of nitrogens with zero attached hydrogens (tertiary/aromatic N) is 2. The summed E-state index contributed by atoms with van der Waals surface area (Å²) in [5.74, 6) is 0.186. The predicted octanol–water partition coefficient (Wildman–Crippen LogP) is 4.22. The maximum absolute atomic E-state index is 13.0. The third kappa shape index (κ3) is 3.05. The van der Waals surface area contributed by atoms with Crippen LogP contribution in [0.4, 0.5) is 0 Å². The van der Waals surface area contributed by atoms with E-state index in [0.29, 0.717) is 0 Å². The van der Waals surface area contributed by atoms with E-state index in [9.17, 15) is 4.79 Å². The molecule has 2 aromatic rings. The van der Waals surface area contributed by atoms with E-state index in [1.54, 1.807) is 0 Å². The molecule has 0 aromatic heterocycles. The fourth-order valence-corrected chi connectivity index (χ4v) is 4.74. The van der Waals surface area contributed by atoms with Crippen LogP contribution in [0.2, 0.25) is 0 Å². The largest absolute Gasteiger partial charge is 0.338 e. The molecule has 2 aliphatic heterocycles. The monoisotopic (exact) mass is 348 g/mol. The number of rotatable bonds is 3. The van der Waals surface area contributed by atoms with Crippen LogP contribution < -0.4 is 0 Å². The summed E-state index contributed by atoms with van der Waals surface area (Å²) >= 11 is 0. The van der Waals surface area contributed by atoms with Gasteiger partial charge in [-0.05, 0) is 62.9 Å². The number of likely N-dealkylation sites (tertiary alicyclic amines) is 2.